The van der Waals surface area contributed by atoms with E-state index in [1.54, 1.807) is 37.4 Å². The number of fused-ring (bicyclic) bond motifs is 1. The Labute approximate surface area is 173 Å². The number of amides is 1. The van der Waals surface area contributed by atoms with Gasteiger partial charge in [-0.25, -0.2) is 9.48 Å². The van der Waals surface area contributed by atoms with Gasteiger partial charge in [0.1, 0.15) is 5.75 Å². The first-order valence-electron chi connectivity index (χ1n) is 9.60. The van der Waals surface area contributed by atoms with Crippen LogP contribution < -0.4 is 15.6 Å². The maximum absolute atomic E-state index is 12.6. The van der Waals surface area contributed by atoms with Crippen molar-refractivity contribution in [2.45, 2.75) is 26.4 Å². The molecule has 8 heteroatoms. The number of benzene rings is 2. The highest BCUT2D eigenvalue weighted by atomic mass is 16.5. The molecule has 1 amide bonds. The second kappa shape index (κ2) is 9.69. The molecule has 1 N–H and O–H groups in total. The number of carbonyl (C=O) groups excluding carboxylic acids is 2. The number of hydrogen-bond donors (Lipinski definition) is 1. The van der Waals surface area contributed by atoms with Crippen LogP contribution in [0.4, 0.5) is 0 Å². The van der Waals surface area contributed by atoms with Crippen LogP contribution in [0, 0.1) is 0 Å². The number of esters is 1. The van der Waals surface area contributed by atoms with E-state index >= 15 is 0 Å². The third kappa shape index (κ3) is 4.65. The molecule has 30 heavy (non-hydrogen) atoms. The fourth-order valence-corrected chi connectivity index (χ4v) is 3.04. The van der Waals surface area contributed by atoms with Gasteiger partial charge in [0.2, 0.25) is 0 Å². The molecule has 0 aliphatic rings. The van der Waals surface area contributed by atoms with Gasteiger partial charge in [-0.2, -0.15) is 5.10 Å². The van der Waals surface area contributed by atoms with Gasteiger partial charge in [0.15, 0.2) is 12.3 Å². The molecule has 0 bridgehead atoms. The average Bonchev–Trinajstić information content (AvgIpc) is 2.78. The molecule has 0 aliphatic heterocycles. The molecule has 0 unspecified atom stereocenters. The maximum atomic E-state index is 12.6. The lowest BCUT2D eigenvalue weighted by Gasteiger charge is -2.11. The van der Waals surface area contributed by atoms with E-state index in [2.05, 4.69) is 10.4 Å². The van der Waals surface area contributed by atoms with Gasteiger partial charge < -0.3 is 14.8 Å². The van der Waals surface area contributed by atoms with Crippen LogP contribution in [0.5, 0.6) is 5.75 Å². The lowest BCUT2D eigenvalue weighted by molar-refractivity contribution is -0.124. The van der Waals surface area contributed by atoms with Gasteiger partial charge in [-0.15, -0.1) is 0 Å². The van der Waals surface area contributed by atoms with Crippen LogP contribution in [-0.2, 0) is 22.6 Å². The zero-order valence-corrected chi connectivity index (χ0v) is 16.9. The van der Waals surface area contributed by atoms with Crippen molar-refractivity contribution < 1.29 is 19.1 Å². The van der Waals surface area contributed by atoms with E-state index < -0.39 is 18.5 Å². The van der Waals surface area contributed by atoms with Crippen LogP contribution >= 0.6 is 0 Å². The molecule has 3 rings (SSSR count). The normalized spacial score (nSPS) is 10.6. The number of aryl methyl sites for hydroxylation is 1. The van der Waals surface area contributed by atoms with E-state index in [1.165, 1.54) is 4.68 Å². The molecule has 8 nitrogen and oxygen atoms in total. The molecule has 0 aliphatic carbocycles. The van der Waals surface area contributed by atoms with Gasteiger partial charge in [0.25, 0.3) is 11.5 Å². The summed E-state index contributed by atoms with van der Waals surface area (Å²) in [6.45, 7) is 2.07. The van der Waals surface area contributed by atoms with Crippen LogP contribution in [0.15, 0.2) is 53.3 Å². The predicted molar refractivity (Wildman–Crippen MR) is 111 cm³/mol. The summed E-state index contributed by atoms with van der Waals surface area (Å²) in [6, 6.07) is 14.0. The number of nitrogens with zero attached hydrogens (tertiary/aromatic N) is 2. The summed E-state index contributed by atoms with van der Waals surface area (Å²) in [6.07, 6.45) is 0.686. The molecule has 0 spiro atoms. The summed E-state index contributed by atoms with van der Waals surface area (Å²) >= 11 is 0. The minimum Gasteiger partial charge on any atom is -0.496 e. The van der Waals surface area contributed by atoms with Crippen molar-refractivity contribution in [2.24, 2.45) is 0 Å². The fraction of sp³-hybridized carbons (Fsp3) is 0.273. The van der Waals surface area contributed by atoms with Crippen LogP contribution in [0.2, 0.25) is 0 Å². The van der Waals surface area contributed by atoms with Crippen LogP contribution in [0.3, 0.4) is 0 Å². The zero-order chi connectivity index (χ0) is 21.5. The van der Waals surface area contributed by atoms with Crippen molar-refractivity contribution in [3.8, 4) is 5.75 Å². The number of para-hydroxylation sites is 1. The van der Waals surface area contributed by atoms with Crippen molar-refractivity contribution in [3.05, 3.63) is 70.1 Å². The van der Waals surface area contributed by atoms with Gasteiger partial charge in [-0.1, -0.05) is 43.3 Å². The predicted octanol–water partition coefficient (Wildman–Crippen LogP) is 2.29. The standard InChI is InChI=1S/C22H23N3O5/c1-3-12-25-21(27)17-10-6-5-9-16(17)20(24-25)22(28)30-14-19(26)23-13-15-8-4-7-11-18(15)29-2/h4-11H,3,12-14H2,1-2H3,(H,23,26). The summed E-state index contributed by atoms with van der Waals surface area (Å²) in [5.74, 6) is -0.562. The molecule has 1 aromatic heterocycles. The lowest BCUT2D eigenvalue weighted by Crippen LogP contribution is -2.30. The van der Waals surface area contributed by atoms with E-state index in [-0.39, 0.29) is 17.8 Å². The Morgan fingerprint density at radius 2 is 1.77 bits per heavy atom. The molecular weight excluding hydrogens is 386 g/mol. The van der Waals surface area contributed by atoms with Gasteiger partial charge in [-0.3, -0.25) is 9.59 Å². The van der Waals surface area contributed by atoms with E-state index in [1.807, 2.05) is 25.1 Å². The van der Waals surface area contributed by atoms with Crippen molar-refractivity contribution in [1.29, 1.82) is 0 Å². The highest BCUT2D eigenvalue weighted by molar-refractivity contribution is 6.02. The van der Waals surface area contributed by atoms with Crippen molar-refractivity contribution >= 4 is 22.6 Å². The highest BCUT2D eigenvalue weighted by Crippen LogP contribution is 2.17. The first-order chi connectivity index (χ1) is 14.5. The number of rotatable bonds is 8. The second-order valence-corrected chi connectivity index (χ2v) is 6.59. The Hall–Kier alpha value is -3.68. The van der Waals surface area contributed by atoms with Gasteiger partial charge in [0, 0.05) is 24.0 Å². The second-order valence-electron chi connectivity index (χ2n) is 6.59. The van der Waals surface area contributed by atoms with Gasteiger partial charge >= 0.3 is 5.97 Å². The molecule has 0 atom stereocenters. The lowest BCUT2D eigenvalue weighted by atomic mass is 10.1. The number of carbonyl (C=O) groups is 2. The van der Waals surface area contributed by atoms with Crippen LogP contribution in [-0.4, -0.2) is 35.4 Å². The highest BCUT2D eigenvalue weighted by Gasteiger charge is 2.19. The number of aromatic nitrogens is 2. The fourth-order valence-electron chi connectivity index (χ4n) is 3.04. The first kappa shape index (κ1) is 21.0. The Morgan fingerprint density at radius 3 is 2.50 bits per heavy atom. The van der Waals surface area contributed by atoms with Crippen molar-refractivity contribution in [3.63, 3.8) is 0 Å². The van der Waals surface area contributed by atoms with Crippen molar-refractivity contribution in [1.82, 2.24) is 15.1 Å². The zero-order valence-electron chi connectivity index (χ0n) is 16.9. The Balaban J connectivity index is 1.70. The minimum atomic E-state index is -0.761. The molecule has 156 valence electrons. The topological polar surface area (TPSA) is 99.5 Å². The molecule has 1 heterocycles. The van der Waals surface area contributed by atoms with Crippen molar-refractivity contribution in [2.75, 3.05) is 13.7 Å². The molecule has 0 saturated heterocycles. The smallest absolute Gasteiger partial charge is 0.359 e. The van der Waals surface area contributed by atoms with Gasteiger partial charge in [0.05, 0.1) is 12.5 Å². The quantitative estimate of drug-likeness (QED) is 0.573. The first-order valence-corrected chi connectivity index (χ1v) is 9.60. The number of ether oxygens (including phenoxy) is 2. The minimum absolute atomic E-state index is 0.0104. The number of methoxy groups -OCH3 is 1. The monoisotopic (exact) mass is 409 g/mol. The number of nitrogens with one attached hydrogen (secondary N) is 1. The van der Waals surface area contributed by atoms with E-state index in [0.717, 1.165) is 5.56 Å². The maximum Gasteiger partial charge on any atom is 0.359 e. The largest absolute Gasteiger partial charge is 0.496 e. The molecule has 2 aromatic carbocycles. The summed E-state index contributed by atoms with van der Waals surface area (Å²) in [5, 5.41) is 7.63. The summed E-state index contributed by atoms with van der Waals surface area (Å²) in [4.78, 5) is 37.2. The summed E-state index contributed by atoms with van der Waals surface area (Å²) in [7, 11) is 1.55. The van der Waals surface area contributed by atoms with Gasteiger partial charge in [-0.05, 0) is 18.6 Å². The van der Waals surface area contributed by atoms with Crippen LogP contribution in [0.1, 0.15) is 29.4 Å². The molecule has 0 radical (unpaired) electrons. The Bertz CT molecular complexity index is 1120. The summed E-state index contributed by atoms with van der Waals surface area (Å²) < 4.78 is 11.6. The Morgan fingerprint density at radius 1 is 1.07 bits per heavy atom. The van der Waals surface area contributed by atoms with E-state index in [4.69, 9.17) is 9.47 Å². The summed E-state index contributed by atoms with van der Waals surface area (Å²) in [5.41, 5.74) is 0.550. The van der Waals surface area contributed by atoms with Crippen LogP contribution in [0.25, 0.3) is 10.8 Å². The Kier molecular flexibility index (Phi) is 6.79. The molecular formula is C22H23N3O5. The molecule has 0 fully saturated rings. The number of hydrogen-bond acceptors (Lipinski definition) is 6. The van der Waals surface area contributed by atoms with E-state index in [0.29, 0.717) is 29.5 Å². The SMILES string of the molecule is CCCn1nc(C(=O)OCC(=O)NCc2ccccc2OC)c2ccccc2c1=O. The molecule has 3 aromatic rings. The third-order valence-electron chi connectivity index (χ3n) is 4.50. The molecule has 0 saturated carbocycles. The van der Waals surface area contributed by atoms with E-state index in [9.17, 15) is 14.4 Å². The average molecular weight is 409 g/mol. The third-order valence-corrected chi connectivity index (χ3v) is 4.50.